The number of allylic oxidation sites excluding steroid dienone is 1. The molecule has 0 atom stereocenters. The largest absolute Gasteiger partial charge is 0.374 e. The fraction of sp³-hybridized carbons (Fsp3) is 0.714. The highest BCUT2D eigenvalue weighted by atomic mass is 32.2. The molecule has 1 aliphatic rings. The van der Waals surface area contributed by atoms with Gasteiger partial charge in [-0.05, 0) is 6.92 Å². The van der Waals surface area contributed by atoms with Gasteiger partial charge < -0.3 is 4.90 Å². The molecule has 1 aliphatic heterocycles. The summed E-state index contributed by atoms with van der Waals surface area (Å²) < 4.78 is 10.9. The highest BCUT2D eigenvalue weighted by molar-refractivity contribution is 7.85. The van der Waals surface area contributed by atoms with Crippen LogP contribution in [0, 0.1) is 0 Å². The predicted octanol–water partition coefficient (Wildman–Crippen LogP) is 0.584. The summed E-state index contributed by atoms with van der Waals surface area (Å²) in [5.74, 6) is 1.62. The summed E-state index contributed by atoms with van der Waals surface area (Å²) in [6.45, 7) is 7.66. The van der Waals surface area contributed by atoms with Crippen LogP contribution in [0.2, 0.25) is 0 Å². The van der Waals surface area contributed by atoms with Crippen LogP contribution in [0.3, 0.4) is 0 Å². The first kappa shape index (κ1) is 7.79. The van der Waals surface area contributed by atoms with Gasteiger partial charge in [0.25, 0.3) is 0 Å². The Balaban J connectivity index is 2.40. The lowest BCUT2D eigenvalue weighted by atomic mass is 10.4. The van der Waals surface area contributed by atoms with Gasteiger partial charge in [0.2, 0.25) is 0 Å². The van der Waals surface area contributed by atoms with E-state index in [1.54, 1.807) is 0 Å². The van der Waals surface area contributed by atoms with Gasteiger partial charge in [-0.1, -0.05) is 6.58 Å². The summed E-state index contributed by atoms with van der Waals surface area (Å²) in [5, 5.41) is 0. The van der Waals surface area contributed by atoms with E-state index >= 15 is 0 Å². The van der Waals surface area contributed by atoms with Crippen LogP contribution in [-0.2, 0) is 10.8 Å². The Hall–Kier alpha value is -0.310. The number of hydrogen-bond donors (Lipinski definition) is 0. The van der Waals surface area contributed by atoms with Crippen LogP contribution in [0.5, 0.6) is 0 Å². The molecule has 1 heterocycles. The fourth-order valence-corrected chi connectivity index (χ4v) is 2.07. The van der Waals surface area contributed by atoms with Crippen LogP contribution in [0.1, 0.15) is 6.92 Å². The SMILES string of the molecule is C=C(C)N1CCS(=O)CC1. The van der Waals surface area contributed by atoms with Gasteiger partial charge in [0.15, 0.2) is 0 Å². The maximum absolute atomic E-state index is 10.9. The van der Waals surface area contributed by atoms with E-state index in [2.05, 4.69) is 11.5 Å². The lowest BCUT2D eigenvalue weighted by molar-refractivity contribution is 0.378. The normalized spacial score (nSPS) is 21.1. The van der Waals surface area contributed by atoms with Gasteiger partial charge in [0.05, 0.1) is 0 Å². The number of hydrogen-bond acceptors (Lipinski definition) is 2. The van der Waals surface area contributed by atoms with Crippen molar-refractivity contribution in [2.75, 3.05) is 24.6 Å². The molecule has 0 spiro atoms. The van der Waals surface area contributed by atoms with Crippen LogP contribution < -0.4 is 0 Å². The Morgan fingerprint density at radius 3 is 2.40 bits per heavy atom. The molecule has 0 saturated carbocycles. The summed E-state index contributed by atoms with van der Waals surface area (Å²) in [7, 11) is -0.560. The minimum Gasteiger partial charge on any atom is -0.374 e. The first-order chi connectivity index (χ1) is 4.70. The van der Waals surface area contributed by atoms with Crippen molar-refractivity contribution in [3.8, 4) is 0 Å². The summed E-state index contributed by atoms with van der Waals surface area (Å²) >= 11 is 0. The van der Waals surface area contributed by atoms with Crippen molar-refractivity contribution in [1.82, 2.24) is 4.90 Å². The molecule has 0 aromatic carbocycles. The van der Waals surface area contributed by atoms with Gasteiger partial charge in [0.1, 0.15) is 0 Å². The second kappa shape index (κ2) is 3.19. The van der Waals surface area contributed by atoms with E-state index in [9.17, 15) is 4.21 Å². The van der Waals surface area contributed by atoms with Gasteiger partial charge >= 0.3 is 0 Å². The molecular weight excluding hydrogens is 146 g/mol. The van der Waals surface area contributed by atoms with Crippen LogP contribution in [-0.4, -0.2) is 33.7 Å². The Morgan fingerprint density at radius 2 is 2.00 bits per heavy atom. The third-order valence-electron chi connectivity index (χ3n) is 1.72. The molecule has 0 N–H and O–H groups in total. The topological polar surface area (TPSA) is 20.3 Å². The van der Waals surface area contributed by atoms with Gasteiger partial charge in [0, 0.05) is 41.1 Å². The molecule has 0 bridgehead atoms. The van der Waals surface area contributed by atoms with Crippen LogP contribution in [0.4, 0.5) is 0 Å². The monoisotopic (exact) mass is 159 g/mol. The minimum absolute atomic E-state index is 0.560. The molecule has 1 rings (SSSR count). The quantitative estimate of drug-likeness (QED) is 0.558. The van der Waals surface area contributed by atoms with Crippen LogP contribution in [0.25, 0.3) is 0 Å². The Morgan fingerprint density at radius 1 is 1.50 bits per heavy atom. The van der Waals surface area contributed by atoms with Gasteiger partial charge in [-0.15, -0.1) is 0 Å². The van der Waals surface area contributed by atoms with Crippen molar-refractivity contribution in [2.45, 2.75) is 6.92 Å². The molecule has 0 aliphatic carbocycles. The summed E-state index contributed by atoms with van der Waals surface area (Å²) in [6.07, 6.45) is 0. The smallest absolute Gasteiger partial charge is 0.0411 e. The van der Waals surface area contributed by atoms with E-state index in [0.29, 0.717) is 0 Å². The van der Waals surface area contributed by atoms with E-state index in [1.807, 2.05) is 6.92 Å². The molecule has 0 amide bonds. The fourth-order valence-electron chi connectivity index (χ4n) is 1.02. The Labute approximate surface area is 64.4 Å². The van der Waals surface area contributed by atoms with Crippen molar-refractivity contribution >= 4 is 10.8 Å². The molecule has 10 heavy (non-hydrogen) atoms. The van der Waals surface area contributed by atoms with E-state index in [1.165, 1.54) is 0 Å². The average molecular weight is 159 g/mol. The molecule has 58 valence electrons. The number of nitrogens with zero attached hydrogens (tertiary/aromatic N) is 1. The maximum atomic E-state index is 10.9. The van der Waals surface area contributed by atoms with E-state index in [-0.39, 0.29) is 0 Å². The molecule has 0 radical (unpaired) electrons. The molecule has 1 saturated heterocycles. The molecule has 3 heteroatoms. The molecule has 0 aromatic rings. The lowest BCUT2D eigenvalue weighted by Crippen LogP contribution is -2.35. The van der Waals surface area contributed by atoms with E-state index < -0.39 is 10.8 Å². The van der Waals surface area contributed by atoms with Crippen molar-refractivity contribution in [2.24, 2.45) is 0 Å². The number of rotatable bonds is 1. The Bertz CT molecular complexity index is 157. The zero-order valence-corrected chi connectivity index (χ0v) is 7.12. The summed E-state index contributed by atoms with van der Waals surface area (Å²) in [6, 6.07) is 0. The van der Waals surface area contributed by atoms with Gasteiger partial charge in [-0.2, -0.15) is 0 Å². The summed E-state index contributed by atoms with van der Waals surface area (Å²) in [5.41, 5.74) is 1.09. The van der Waals surface area contributed by atoms with E-state index in [0.717, 1.165) is 30.3 Å². The first-order valence-corrected chi connectivity index (χ1v) is 4.94. The van der Waals surface area contributed by atoms with Crippen molar-refractivity contribution in [3.05, 3.63) is 12.3 Å². The molecule has 1 fully saturated rings. The van der Waals surface area contributed by atoms with Gasteiger partial charge in [-0.25, -0.2) is 0 Å². The predicted molar refractivity (Wildman–Crippen MR) is 44.3 cm³/mol. The zero-order chi connectivity index (χ0) is 7.56. The molecule has 2 nitrogen and oxygen atoms in total. The van der Waals surface area contributed by atoms with E-state index in [4.69, 9.17) is 0 Å². The standard InChI is InChI=1S/C7H13NOS/c1-7(2)8-3-5-10(9)6-4-8/h1,3-6H2,2H3. The highest BCUT2D eigenvalue weighted by Gasteiger charge is 2.13. The van der Waals surface area contributed by atoms with Crippen LogP contribution in [0.15, 0.2) is 12.3 Å². The van der Waals surface area contributed by atoms with Crippen molar-refractivity contribution in [3.63, 3.8) is 0 Å². The molecular formula is C7H13NOS. The molecule has 0 aromatic heterocycles. The zero-order valence-electron chi connectivity index (χ0n) is 6.30. The van der Waals surface area contributed by atoms with Crippen molar-refractivity contribution in [1.29, 1.82) is 0 Å². The van der Waals surface area contributed by atoms with Gasteiger partial charge in [-0.3, -0.25) is 4.21 Å². The first-order valence-electron chi connectivity index (χ1n) is 3.45. The molecule has 0 unspecified atom stereocenters. The second-order valence-electron chi connectivity index (χ2n) is 2.57. The third kappa shape index (κ3) is 1.84. The van der Waals surface area contributed by atoms with Crippen molar-refractivity contribution < 1.29 is 4.21 Å². The Kier molecular flexibility index (Phi) is 2.49. The minimum atomic E-state index is -0.560. The lowest BCUT2D eigenvalue weighted by Gasteiger charge is -2.28. The second-order valence-corrected chi connectivity index (χ2v) is 4.27. The van der Waals surface area contributed by atoms with Crippen LogP contribution >= 0.6 is 0 Å². The maximum Gasteiger partial charge on any atom is 0.0411 e. The summed E-state index contributed by atoms with van der Waals surface area (Å²) in [4.78, 5) is 2.18. The average Bonchev–Trinajstić information content (AvgIpc) is 1.88. The highest BCUT2D eigenvalue weighted by Crippen LogP contribution is 2.05. The third-order valence-corrected chi connectivity index (χ3v) is 2.99.